The normalized spacial score (nSPS) is 21.6. The largest absolute Gasteiger partial charge is 0.330 e. The van der Waals surface area contributed by atoms with Crippen LogP contribution in [0.5, 0.6) is 0 Å². The molecule has 8 nitrogen and oxygen atoms in total. The minimum absolute atomic E-state index is 0.142. The number of aryl methyl sites for hydroxylation is 1. The van der Waals surface area contributed by atoms with Crippen LogP contribution in [0, 0.1) is 5.82 Å². The lowest BCUT2D eigenvalue weighted by molar-refractivity contribution is -0.120. The molecule has 1 fully saturated rings. The Kier molecular flexibility index (Phi) is 5.27. The SMILES string of the molecule is CN1C(C(=O)Nc2ccc(F)c(Cl)c2)CC(c2nc3ccccc3n2C)NS1(=O)=O. The van der Waals surface area contributed by atoms with E-state index >= 15 is 0 Å². The van der Waals surface area contributed by atoms with E-state index in [-0.39, 0.29) is 17.1 Å². The van der Waals surface area contributed by atoms with E-state index in [1.807, 2.05) is 28.8 Å². The molecular formula is C19H19ClFN5O3S. The number of aromatic nitrogens is 2. The summed E-state index contributed by atoms with van der Waals surface area (Å²) in [5.74, 6) is -0.650. The second kappa shape index (κ2) is 7.62. The monoisotopic (exact) mass is 451 g/mol. The zero-order valence-electron chi connectivity index (χ0n) is 16.1. The number of nitrogens with one attached hydrogen (secondary N) is 2. The Morgan fingerprint density at radius 2 is 2.00 bits per heavy atom. The number of para-hydroxylation sites is 2. The van der Waals surface area contributed by atoms with Crippen LogP contribution in [0.4, 0.5) is 10.1 Å². The van der Waals surface area contributed by atoms with Crippen LogP contribution < -0.4 is 10.0 Å². The molecule has 0 aliphatic carbocycles. The lowest BCUT2D eigenvalue weighted by Gasteiger charge is -2.35. The van der Waals surface area contributed by atoms with Crippen molar-refractivity contribution < 1.29 is 17.6 Å². The molecule has 0 radical (unpaired) electrons. The van der Waals surface area contributed by atoms with Gasteiger partial charge in [0.15, 0.2) is 0 Å². The van der Waals surface area contributed by atoms with Gasteiger partial charge in [0.2, 0.25) is 5.91 Å². The Balaban J connectivity index is 1.64. The second-order valence-corrected chi connectivity index (χ2v) is 9.25. The van der Waals surface area contributed by atoms with Crippen molar-refractivity contribution in [2.75, 3.05) is 12.4 Å². The van der Waals surface area contributed by atoms with Crippen LogP contribution in [0.1, 0.15) is 18.3 Å². The molecule has 0 spiro atoms. The molecule has 4 rings (SSSR count). The number of halogens is 2. The van der Waals surface area contributed by atoms with Gasteiger partial charge in [-0.2, -0.15) is 17.4 Å². The van der Waals surface area contributed by atoms with Gasteiger partial charge >= 0.3 is 0 Å². The summed E-state index contributed by atoms with van der Waals surface area (Å²) < 4.78 is 44.1. The number of amides is 1. The topological polar surface area (TPSA) is 96.3 Å². The van der Waals surface area contributed by atoms with Crippen molar-refractivity contribution >= 4 is 44.4 Å². The lowest BCUT2D eigenvalue weighted by atomic mass is 10.1. The number of fused-ring (bicyclic) bond motifs is 1. The molecule has 1 aromatic heterocycles. The van der Waals surface area contributed by atoms with Gasteiger partial charge in [0, 0.05) is 19.8 Å². The van der Waals surface area contributed by atoms with E-state index in [4.69, 9.17) is 11.6 Å². The van der Waals surface area contributed by atoms with Gasteiger partial charge in [0.05, 0.1) is 22.1 Å². The van der Waals surface area contributed by atoms with Crippen LogP contribution in [-0.4, -0.2) is 41.3 Å². The summed E-state index contributed by atoms with van der Waals surface area (Å²) in [5, 5.41) is 2.47. The molecule has 2 aromatic carbocycles. The summed E-state index contributed by atoms with van der Waals surface area (Å²) in [6.45, 7) is 0. The van der Waals surface area contributed by atoms with Crippen LogP contribution >= 0.6 is 11.6 Å². The highest BCUT2D eigenvalue weighted by Gasteiger charge is 2.42. The van der Waals surface area contributed by atoms with Gasteiger partial charge in [-0.3, -0.25) is 4.79 Å². The summed E-state index contributed by atoms with van der Waals surface area (Å²) in [5.41, 5.74) is 1.86. The van der Waals surface area contributed by atoms with Crippen molar-refractivity contribution in [3.05, 3.63) is 59.1 Å². The second-order valence-electron chi connectivity index (χ2n) is 7.08. The van der Waals surface area contributed by atoms with E-state index in [0.717, 1.165) is 21.4 Å². The standard InChI is InChI=1S/C19H19ClFN5O3S/c1-25-16-6-4-3-5-14(16)23-18(25)15-10-17(26(2)30(28,29)24-15)19(27)22-11-7-8-13(21)12(20)9-11/h3-9,15,17,24H,10H2,1-2H3,(H,22,27). The predicted molar refractivity (Wildman–Crippen MR) is 112 cm³/mol. The number of carbonyl (C=O) groups excluding carboxylic acids is 1. The number of rotatable bonds is 3. The number of benzene rings is 2. The highest BCUT2D eigenvalue weighted by Crippen LogP contribution is 2.30. The van der Waals surface area contributed by atoms with Crippen LogP contribution in [0.3, 0.4) is 0 Å². The maximum absolute atomic E-state index is 13.4. The average molecular weight is 452 g/mol. The molecule has 0 bridgehead atoms. The highest BCUT2D eigenvalue weighted by atomic mass is 35.5. The zero-order chi connectivity index (χ0) is 21.6. The van der Waals surface area contributed by atoms with Gasteiger partial charge in [-0.1, -0.05) is 23.7 Å². The third kappa shape index (κ3) is 3.67. The summed E-state index contributed by atoms with van der Waals surface area (Å²) in [6.07, 6.45) is 0.160. The Labute approximate surface area is 177 Å². The smallest absolute Gasteiger partial charge is 0.280 e. The molecule has 30 heavy (non-hydrogen) atoms. The first-order chi connectivity index (χ1) is 14.2. The van der Waals surface area contributed by atoms with Crippen LogP contribution in [0.25, 0.3) is 11.0 Å². The fraction of sp³-hybridized carbons (Fsp3) is 0.263. The minimum Gasteiger partial charge on any atom is -0.330 e. The first-order valence-electron chi connectivity index (χ1n) is 9.10. The number of hydrogen-bond acceptors (Lipinski definition) is 4. The van der Waals surface area contributed by atoms with Gasteiger partial charge in [0.25, 0.3) is 10.2 Å². The van der Waals surface area contributed by atoms with Crippen molar-refractivity contribution in [1.29, 1.82) is 0 Å². The number of nitrogens with zero attached hydrogens (tertiary/aromatic N) is 3. The highest BCUT2D eigenvalue weighted by molar-refractivity contribution is 7.87. The summed E-state index contributed by atoms with van der Waals surface area (Å²) >= 11 is 5.76. The fourth-order valence-electron chi connectivity index (χ4n) is 3.56. The fourth-order valence-corrected chi connectivity index (χ4v) is 4.98. The van der Waals surface area contributed by atoms with Crippen molar-refractivity contribution in [2.45, 2.75) is 18.5 Å². The molecule has 2 N–H and O–H groups in total. The van der Waals surface area contributed by atoms with E-state index in [0.29, 0.717) is 5.82 Å². The maximum Gasteiger partial charge on any atom is 0.280 e. The number of likely N-dealkylation sites (N-methyl/N-ethyl adjacent to an activating group) is 1. The molecule has 2 unspecified atom stereocenters. The van der Waals surface area contributed by atoms with E-state index in [2.05, 4.69) is 15.0 Å². The van der Waals surface area contributed by atoms with Crippen LogP contribution in [0.2, 0.25) is 5.02 Å². The molecule has 2 atom stereocenters. The van der Waals surface area contributed by atoms with Crippen LogP contribution in [-0.2, 0) is 22.1 Å². The molecule has 1 aliphatic rings. The molecule has 2 heterocycles. The molecule has 1 aliphatic heterocycles. The molecule has 1 amide bonds. The van der Waals surface area contributed by atoms with Crippen molar-refractivity contribution in [3.63, 3.8) is 0 Å². The third-order valence-electron chi connectivity index (χ3n) is 5.19. The molecule has 0 saturated carbocycles. The molecule has 3 aromatic rings. The Bertz CT molecular complexity index is 1250. The van der Waals surface area contributed by atoms with Crippen molar-refractivity contribution in [2.24, 2.45) is 7.05 Å². The first-order valence-corrected chi connectivity index (χ1v) is 10.9. The van der Waals surface area contributed by atoms with Gasteiger partial charge in [-0.25, -0.2) is 9.37 Å². The van der Waals surface area contributed by atoms with Crippen LogP contribution in [0.15, 0.2) is 42.5 Å². The number of hydrogen-bond donors (Lipinski definition) is 2. The Hall–Kier alpha value is -2.53. The predicted octanol–water partition coefficient (Wildman–Crippen LogP) is 2.58. The molecule has 11 heteroatoms. The van der Waals surface area contributed by atoms with Crippen molar-refractivity contribution in [1.82, 2.24) is 18.6 Å². The molecular weight excluding hydrogens is 433 g/mol. The third-order valence-corrected chi connectivity index (χ3v) is 7.08. The van der Waals surface area contributed by atoms with E-state index in [1.54, 1.807) is 7.05 Å². The maximum atomic E-state index is 13.4. The number of anilines is 1. The Morgan fingerprint density at radius 1 is 1.27 bits per heavy atom. The van der Waals surface area contributed by atoms with Gasteiger partial charge in [-0.05, 0) is 36.8 Å². The van der Waals surface area contributed by atoms with Crippen molar-refractivity contribution in [3.8, 4) is 0 Å². The minimum atomic E-state index is -3.93. The number of imidazole rings is 1. The number of carbonyl (C=O) groups is 1. The summed E-state index contributed by atoms with van der Waals surface area (Å²) in [6, 6.07) is 9.51. The van der Waals surface area contributed by atoms with E-state index in [9.17, 15) is 17.6 Å². The van der Waals surface area contributed by atoms with Gasteiger partial charge in [-0.15, -0.1) is 0 Å². The Morgan fingerprint density at radius 3 is 2.70 bits per heavy atom. The summed E-state index contributed by atoms with van der Waals surface area (Å²) in [7, 11) is -0.804. The molecule has 1 saturated heterocycles. The molecule has 158 valence electrons. The van der Waals surface area contributed by atoms with E-state index < -0.39 is 34.0 Å². The first kappa shape index (κ1) is 20.7. The quantitative estimate of drug-likeness (QED) is 0.639. The summed E-state index contributed by atoms with van der Waals surface area (Å²) in [4.78, 5) is 17.4. The average Bonchev–Trinajstić information content (AvgIpc) is 3.03. The zero-order valence-corrected chi connectivity index (χ0v) is 17.7. The van der Waals surface area contributed by atoms with Gasteiger partial charge in [0.1, 0.15) is 17.7 Å². The van der Waals surface area contributed by atoms with Gasteiger partial charge < -0.3 is 9.88 Å². The van der Waals surface area contributed by atoms with E-state index in [1.165, 1.54) is 19.2 Å². The lowest BCUT2D eigenvalue weighted by Crippen LogP contribution is -2.56.